The number of benzene rings is 2. The van der Waals surface area contributed by atoms with Crippen molar-refractivity contribution in [3.63, 3.8) is 0 Å². The fraction of sp³-hybridized carbons (Fsp3) is 0.263. The lowest BCUT2D eigenvalue weighted by Gasteiger charge is -2.24. The van der Waals surface area contributed by atoms with Crippen LogP contribution in [0.5, 0.6) is 5.75 Å². The van der Waals surface area contributed by atoms with Gasteiger partial charge in [0.1, 0.15) is 5.75 Å². The lowest BCUT2D eigenvalue weighted by Crippen LogP contribution is -2.47. The quantitative estimate of drug-likeness (QED) is 0.369. The Morgan fingerprint density at radius 2 is 1.43 bits per heavy atom. The molecular formula is C19H19NO3. The Balaban J connectivity index is 1.83. The second-order valence-electron chi connectivity index (χ2n) is 5.61. The van der Waals surface area contributed by atoms with E-state index in [2.05, 4.69) is 0 Å². The molecule has 0 bridgehead atoms. The molecule has 1 fully saturated rings. The molecule has 118 valence electrons. The summed E-state index contributed by atoms with van der Waals surface area (Å²) in [5.41, 5.74) is 0.536. The van der Waals surface area contributed by atoms with E-state index in [1.165, 1.54) is 0 Å². The molecule has 0 aliphatic carbocycles. The van der Waals surface area contributed by atoms with Gasteiger partial charge in [-0.05, 0) is 38.1 Å². The van der Waals surface area contributed by atoms with Crippen LogP contribution >= 0.6 is 0 Å². The standard InChI is InChI=1S/C19H19NO3/c21-18(15-9-3-1-4-10-15)17(20-13-7-8-14-20)19(22)23-16-11-5-2-6-12-16/h1-6,9-12,17H,7-8,13-14H2. The Hall–Kier alpha value is -2.46. The van der Waals surface area contributed by atoms with Gasteiger partial charge in [-0.1, -0.05) is 48.5 Å². The second kappa shape index (κ2) is 7.20. The van der Waals surface area contributed by atoms with Crippen LogP contribution in [-0.4, -0.2) is 35.8 Å². The van der Waals surface area contributed by atoms with Crippen LogP contribution in [-0.2, 0) is 4.79 Å². The zero-order chi connectivity index (χ0) is 16.1. The van der Waals surface area contributed by atoms with Crippen molar-refractivity contribution in [3.05, 3.63) is 66.2 Å². The fourth-order valence-corrected chi connectivity index (χ4v) is 2.84. The molecule has 4 heteroatoms. The molecule has 0 saturated carbocycles. The smallest absolute Gasteiger partial charge is 0.336 e. The highest BCUT2D eigenvalue weighted by Crippen LogP contribution is 2.19. The van der Waals surface area contributed by atoms with E-state index in [1.807, 2.05) is 17.0 Å². The maximum Gasteiger partial charge on any atom is 0.336 e. The van der Waals surface area contributed by atoms with Crippen LogP contribution in [0.4, 0.5) is 0 Å². The van der Waals surface area contributed by atoms with E-state index in [0.29, 0.717) is 11.3 Å². The molecule has 1 atom stereocenters. The lowest BCUT2D eigenvalue weighted by atomic mass is 10.0. The number of esters is 1. The minimum atomic E-state index is -0.875. The summed E-state index contributed by atoms with van der Waals surface area (Å²) in [6, 6.07) is 16.9. The van der Waals surface area contributed by atoms with Gasteiger partial charge in [-0.25, -0.2) is 4.79 Å². The predicted octanol–water partition coefficient (Wildman–Crippen LogP) is 2.94. The summed E-state index contributed by atoms with van der Waals surface area (Å²) >= 11 is 0. The molecule has 0 radical (unpaired) electrons. The van der Waals surface area contributed by atoms with E-state index in [-0.39, 0.29) is 5.78 Å². The Kier molecular flexibility index (Phi) is 4.83. The van der Waals surface area contributed by atoms with Crippen molar-refractivity contribution in [3.8, 4) is 5.75 Å². The monoisotopic (exact) mass is 309 g/mol. The van der Waals surface area contributed by atoms with Crippen molar-refractivity contribution >= 4 is 11.8 Å². The molecule has 0 aromatic heterocycles. The molecular weight excluding hydrogens is 290 g/mol. The van der Waals surface area contributed by atoms with E-state index in [1.54, 1.807) is 48.5 Å². The van der Waals surface area contributed by atoms with Gasteiger partial charge in [-0.15, -0.1) is 0 Å². The van der Waals surface area contributed by atoms with Crippen LogP contribution in [0, 0.1) is 0 Å². The highest BCUT2D eigenvalue weighted by atomic mass is 16.5. The van der Waals surface area contributed by atoms with Crippen molar-refractivity contribution in [2.45, 2.75) is 18.9 Å². The summed E-state index contributed by atoms with van der Waals surface area (Å²) in [6.45, 7) is 1.49. The van der Waals surface area contributed by atoms with Gasteiger partial charge in [0.25, 0.3) is 0 Å². The first-order valence-corrected chi connectivity index (χ1v) is 7.86. The van der Waals surface area contributed by atoms with E-state index in [9.17, 15) is 9.59 Å². The number of nitrogens with zero attached hydrogens (tertiary/aromatic N) is 1. The van der Waals surface area contributed by atoms with Crippen molar-refractivity contribution in [2.75, 3.05) is 13.1 Å². The van der Waals surface area contributed by atoms with Crippen molar-refractivity contribution in [1.29, 1.82) is 0 Å². The number of Topliss-reactive ketones (excluding diaryl/α,β-unsaturated/α-hetero) is 1. The summed E-state index contributed by atoms with van der Waals surface area (Å²) < 4.78 is 5.43. The first-order valence-electron chi connectivity index (χ1n) is 7.86. The van der Waals surface area contributed by atoms with Crippen LogP contribution in [0.15, 0.2) is 60.7 Å². The fourth-order valence-electron chi connectivity index (χ4n) is 2.84. The molecule has 23 heavy (non-hydrogen) atoms. The average molecular weight is 309 g/mol. The average Bonchev–Trinajstić information content (AvgIpc) is 3.11. The van der Waals surface area contributed by atoms with Gasteiger partial charge >= 0.3 is 5.97 Å². The summed E-state index contributed by atoms with van der Waals surface area (Å²) in [4.78, 5) is 27.4. The molecule has 2 aromatic rings. The molecule has 1 saturated heterocycles. The molecule has 1 unspecified atom stereocenters. The number of carbonyl (C=O) groups excluding carboxylic acids is 2. The van der Waals surface area contributed by atoms with E-state index < -0.39 is 12.0 Å². The molecule has 0 N–H and O–H groups in total. The number of ketones is 1. The Labute approximate surface area is 135 Å². The van der Waals surface area contributed by atoms with Crippen LogP contribution in [0.3, 0.4) is 0 Å². The first kappa shape index (κ1) is 15.4. The third-order valence-corrected chi connectivity index (χ3v) is 4.00. The number of hydrogen-bond acceptors (Lipinski definition) is 4. The van der Waals surface area contributed by atoms with Gasteiger partial charge in [0.05, 0.1) is 0 Å². The molecule has 4 nitrogen and oxygen atoms in total. The topological polar surface area (TPSA) is 46.6 Å². The SMILES string of the molecule is O=C(Oc1ccccc1)C(C(=O)c1ccccc1)N1CCCC1. The van der Waals surface area contributed by atoms with Gasteiger partial charge in [-0.2, -0.15) is 0 Å². The summed E-state index contributed by atoms with van der Waals surface area (Å²) in [5.74, 6) is -0.247. The van der Waals surface area contributed by atoms with Gasteiger partial charge in [0.15, 0.2) is 11.8 Å². The van der Waals surface area contributed by atoms with Crippen LogP contribution in [0.2, 0.25) is 0 Å². The number of rotatable bonds is 5. The third-order valence-electron chi connectivity index (χ3n) is 4.00. The highest BCUT2D eigenvalue weighted by Gasteiger charge is 2.36. The van der Waals surface area contributed by atoms with Crippen LogP contribution in [0.25, 0.3) is 0 Å². The van der Waals surface area contributed by atoms with Crippen molar-refractivity contribution in [2.24, 2.45) is 0 Å². The number of hydrogen-bond donors (Lipinski definition) is 0. The molecule has 2 aromatic carbocycles. The van der Waals surface area contributed by atoms with Crippen LogP contribution in [0.1, 0.15) is 23.2 Å². The molecule has 1 aliphatic rings. The Bertz CT molecular complexity index is 664. The number of carbonyl (C=O) groups is 2. The summed E-state index contributed by atoms with van der Waals surface area (Å²) in [5, 5.41) is 0. The lowest BCUT2D eigenvalue weighted by molar-refractivity contribution is -0.138. The zero-order valence-electron chi connectivity index (χ0n) is 12.9. The van der Waals surface area contributed by atoms with E-state index in [0.717, 1.165) is 25.9 Å². The van der Waals surface area contributed by atoms with Gasteiger partial charge in [0.2, 0.25) is 0 Å². The highest BCUT2D eigenvalue weighted by molar-refractivity contribution is 6.12. The van der Waals surface area contributed by atoms with Gasteiger partial charge < -0.3 is 4.74 Å². The Morgan fingerprint density at radius 3 is 2.04 bits per heavy atom. The van der Waals surface area contributed by atoms with Crippen molar-refractivity contribution in [1.82, 2.24) is 4.90 Å². The summed E-state index contributed by atoms with van der Waals surface area (Å²) in [7, 11) is 0. The van der Waals surface area contributed by atoms with Crippen molar-refractivity contribution < 1.29 is 14.3 Å². The molecule has 0 amide bonds. The van der Waals surface area contributed by atoms with E-state index in [4.69, 9.17) is 4.74 Å². The van der Waals surface area contributed by atoms with E-state index >= 15 is 0 Å². The minimum absolute atomic E-state index is 0.201. The normalized spacial score (nSPS) is 16.0. The number of para-hydroxylation sites is 1. The van der Waals surface area contributed by atoms with Gasteiger partial charge in [-0.3, -0.25) is 9.69 Å². The first-order chi connectivity index (χ1) is 11.3. The van der Waals surface area contributed by atoms with Gasteiger partial charge in [0, 0.05) is 5.56 Å². The number of likely N-dealkylation sites (tertiary alicyclic amines) is 1. The van der Waals surface area contributed by atoms with Crippen LogP contribution < -0.4 is 4.74 Å². The minimum Gasteiger partial charge on any atom is -0.425 e. The Morgan fingerprint density at radius 1 is 0.870 bits per heavy atom. The number of ether oxygens (including phenoxy) is 1. The molecule has 1 heterocycles. The maximum absolute atomic E-state index is 12.8. The molecule has 3 rings (SSSR count). The third kappa shape index (κ3) is 3.66. The predicted molar refractivity (Wildman–Crippen MR) is 87.4 cm³/mol. The zero-order valence-corrected chi connectivity index (χ0v) is 12.9. The second-order valence-corrected chi connectivity index (χ2v) is 5.61. The summed E-state index contributed by atoms with van der Waals surface area (Å²) in [6.07, 6.45) is 1.99. The maximum atomic E-state index is 12.8. The molecule has 1 aliphatic heterocycles. The largest absolute Gasteiger partial charge is 0.425 e. The molecule has 0 spiro atoms.